The topological polar surface area (TPSA) is 73.6 Å². The van der Waals surface area contributed by atoms with Gasteiger partial charge in [-0.25, -0.2) is 0 Å². The molecule has 0 aromatic heterocycles. The van der Waals surface area contributed by atoms with E-state index < -0.39 is 6.04 Å². The van der Waals surface area contributed by atoms with Gasteiger partial charge in [-0.1, -0.05) is 13.3 Å². The average molecular weight is 281 g/mol. The van der Waals surface area contributed by atoms with Gasteiger partial charge >= 0.3 is 0 Å². The molecule has 6 heteroatoms. The fraction of sp³-hybridized carbons (Fsp3) is 0.917. The van der Waals surface area contributed by atoms with E-state index >= 15 is 0 Å². The van der Waals surface area contributed by atoms with Crippen molar-refractivity contribution in [3.05, 3.63) is 0 Å². The summed E-state index contributed by atoms with van der Waals surface area (Å²) >= 11 is 0. The van der Waals surface area contributed by atoms with Gasteiger partial charge in [-0.15, -0.1) is 12.4 Å². The lowest BCUT2D eigenvalue weighted by atomic mass is 10.1. The van der Waals surface area contributed by atoms with Crippen LogP contribution in [-0.4, -0.2) is 43.9 Å². The number of ether oxygens (including phenoxy) is 2. The number of hydrogen-bond acceptors (Lipinski definition) is 4. The van der Waals surface area contributed by atoms with Crippen LogP contribution in [0.2, 0.25) is 0 Å². The molecule has 1 heterocycles. The van der Waals surface area contributed by atoms with E-state index in [0.29, 0.717) is 13.2 Å². The standard InChI is InChI=1S/C12H24N2O3.ClH/c1-3-4-11(13)12(15)14-9(2)7-17-10-5-6-16-8-10;/h9-11H,3-8,13H2,1-2H3,(H,14,15);1H. The van der Waals surface area contributed by atoms with Crippen LogP contribution in [0.1, 0.15) is 33.1 Å². The normalized spacial score (nSPS) is 22.1. The van der Waals surface area contributed by atoms with Crippen molar-refractivity contribution in [1.82, 2.24) is 5.32 Å². The number of nitrogens with one attached hydrogen (secondary N) is 1. The molecule has 0 aromatic carbocycles. The molecular weight excluding hydrogens is 256 g/mol. The zero-order valence-corrected chi connectivity index (χ0v) is 12.0. The highest BCUT2D eigenvalue weighted by molar-refractivity contribution is 5.85. The largest absolute Gasteiger partial charge is 0.379 e. The summed E-state index contributed by atoms with van der Waals surface area (Å²) in [6, 6.07) is -0.414. The number of hydrogen-bond donors (Lipinski definition) is 2. The third-order valence-corrected chi connectivity index (χ3v) is 2.79. The Morgan fingerprint density at radius 1 is 1.61 bits per heavy atom. The first-order chi connectivity index (χ1) is 8.13. The van der Waals surface area contributed by atoms with E-state index in [2.05, 4.69) is 5.32 Å². The molecule has 0 aromatic rings. The molecule has 0 aliphatic carbocycles. The molecule has 1 fully saturated rings. The van der Waals surface area contributed by atoms with Crippen LogP contribution in [0.15, 0.2) is 0 Å². The molecular formula is C12H25ClN2O3. The minimum atomic E-state index is -0.405. The first-order valence-electron chi connectivity index (χ1n) is 6.38. The predicted molar refractivity (Wildman–Crippen MR) is 72.9 cm³/mol. The highest BCUT2D eigenvalue weighted by Gasteiger charge is 2.19. The summed E-state index contributed by atoms with van der Waals surface area (Å²) in [5.74, 6) is -0.0920. The molecule has 3 unspecified atom stereocenters. The van der Waals surface area contributed by atoms with E-state index in [9.17, 15) is 4.79 Å². The Bertz CT molecular complexity index is 235. The van der Waals surface area contributed by atoms with E-state index in [-0.39, 0.29) is 30.5 Å². The number of carbonyl (C=O) groups is 1. The number of carbonyl (C=O) groups excluding carboxylic acids is 1. The first-order valence-corrected chi connectivity index (χ1v) is 6.38. The summed E-state index contributed by atoms with van der Waals surface area (Å²) in [4.78, 5) is 11.6. The monoisotopic (exact) mass is 280 g/mol. The Hall–Kier alpha value is -0.360. The second kappa shape index (κ2) is 9.55. The van der Waals surface area contributed by atoms with Gasteiger partial charge in [0, 0.05) is 12.6 Å². The third kappa shape index (κ3) is 6.54. The average Bonchev–Trinajstić information content (AvgIpc) is 2.79. The van der Waals surface area contributed by atoms with E-state index in [1.54, 1.807) is 0 Å². The molecule has 0 radical (unpaired) electrons. The molecule has 3 atom stereocenters. The van der Waals surface area contributed by atoms with Gasteiger partial charge in [0.1, 0.15) is 0 Å². The fourth-order valence-electron chi connectivity index (χ4n) is 1.76. The SMILES string of the molecule is CCCC(N)C(=O)NC(C)COC1CCOC1.Cl. The van der Waals surface area contributed by atoms with Gasteiger partial charge in [0.25, 0.3) is 0 Å². The number of halogens is 1. The summed E-state index contributed by atoms with van der Waals surface area (Å²) in [7, 11) is 0. The van der Waals surface area contributed by atoms with E-state index in [1.807, 2.05) is 13.8 Å². The van der Waals surface area contributed by atoms with E-state index in [0.717, 1.165) is 25.9 Å². The Morgan fingerprint density at radius 2 is 2.33 bits per heavy atom. The molecule has 1 aliphatic rings. The van der Waals surface area contributed by atoms with Crippen molar-refractivity contribution in [3.63, 3.8) is 0 Å². The summed E-state index contributed by atoms with van der Waals surface area (Å²) in [5, 5.41) is 2.86. The first kappa shape index (κ1) is 17.6. The molecule has 0 saturated carbocycles. The summed E-state index contributed by atoms with van der Waals surface area (Å²) < 4.78 is 10.8. The van der Waals surface area contributed by atoms with Crippen molar-refractivity contribution in [2.75, 3.05) is 19.8 Å². The van der Waals surface area contributed by atoms with Gasteiger partial charge in [0.2, 0.25) is 5.91 Å². The highest BCUT2D eigenvalue weighted by Crippen LogP contribution is 2.08. The van der Waals surface area contributed by atoms with Crippen LogP contribution in [0.3, 0.4) is 0 Å². The smallest absolute Gasteiger partial charge is 0.237 e. The second-order valence-corrected chi connectivity index (χ2v) is 4.62. The van der Waals surface area contributed by atoms with Crippen molar-refractivity contribution in [1.29, 1.82) is 0 Å². The van der Waals surface area contributed by atoms with Gasteiger partial charge in [-0.05, 0) is 19.8 Å². The van der Waals surface area contributed by atoms with Gasteiger partial charge in [-0.2, -0.15) is 0 Å². The molecule has 108 valence electrons. The quantitative estimate of drug-likeness (QED) is 0.725. The molecule has 1 rings (SSSR count). The maximum absolute atomic E-state index is 11.6. The van der Waals surface area contributed by atoms with Crippen LogP contribution in [0.5, 0.6) is 0 Å². The number of nitrogens with two attached hydrogens (primary N) is 1. The maximum atomic E-state index is 11.6. The fourth-order valence-corrected chi connectivity index (χ4v) is 1.76. The molecule has 0 spiro atoms. The van der Waals surface area contributed by atoms with Crippen LogP contribution >= 0.6 is 12.4 Å². The third-order valence-electron chi connectivity index (χ3n) is 2.79. The van der Waals surface area contributed by atoms with Gasteiger partial charge < -0.3 is 20.5 Å². The number of rotatable bonds is 7. The molecule has 1 aliphatic heterocycles. The Balaban J connectivity index is 0.00000289. The van der Waals surface area contributed by atoms with Crippen LogP contribution < -0.4 is 11.1 Å². The van der Waals surface area contributed by atoms with Crippen LogP contribution in [-0.2, 0) is 14.3 Å². The minimum Gasteiger partial charge on any atom is -0.379 e. The highest BCUT2D eigenvalue weighted by atomic mass is 35.5. The molecule has 1 saturated heterocycles. The second-order valence-electron chi connectivity index (χ2n) is 4.62. The van der Waals surface area contributed by atoms with Gasteiger partial charge in [0.15, 0.2) is 0 Å². The van der Waals surface area contributed by atoms with E-state index in [4.69, 9.17) is 15.2 Å². The van der Waals surface area contributed by atoms with Crippen molar-refractivity contribution < 1.29 is 14.3 Å². The zero-order valence-electron chi connectivity index (χ0n) is 11.2. The molecule has 5 nitrogen and oxygen atoms in total. The number of amides is 1. The Morgan fingerprint density at radius 3 is 2.89 bits per heavy atom. The molecule has 1 amide bonds. The lowest BCUT2D eigenvalue weighted by Gasteiger charge is -2.19. The summed E-state index contributed by atoms with van der Waals surface area (Å²) in [5.41, 5.74) is 5.72. The van der Waals surface area contributed by atoms with Crippen LogP contribution in [0.25, 0.3) is 0 Å². The van der Waals surface area contributed by atoms with Crippen molar-refractivity contribution >= 4 is 18.3 Å². The zero-order chi connectivity index (χ0) is 12.7. The lowest BCUT2D eigenvalue weighted by molar-refractivity contribution is -0.123. The van der Waals surface area contributed by atoms with E-state index in [1.165, 1.54) is 0 Å². The van der Waals surface area contributed by atoms with Gasteiger partial charge in [-0.3, -0.25) is 4.79 Å². The minimum absolute atomic E-state index is 0. The Kier molecular flexibility index (Phi) is 9.36. The van der Waals surface area contributed by atoms with Gasteiger partial charge in [0.05, 0.1) is 25.4 Å². The molecule has 0 bridgehead atoms. The molecule has 18 heavy (non-hydrogen) atoms. The predicted octanol–water partition coefficient (Wildman–Crippen LogP) is 0.846. The summed E-state index contributed by atoms with van der Waals surface area (Å²) in [6.07, 6.45) is 2.75. The Labute approximate surface area is 115 Å². The van der Waals surface area contributed by atoms with Crippen LogP contribution in [0, 0.1) is 0 Å². The van der Waals surface area contributed by atoms with Crippen molar-refractivity contribution in [2.45, 2.75) is 51.3 Å². The van der Waals surface area contributed by atoms with Crippen molar-refractivity contribution in [2.24, 2.45) is 5.73 Å². The maximum Gasteiger partial charge on any atom is 0.237 e. The summed E-state index contributed by atoms with van der Waals surface area (Å²) in [6.45, 7) is 5.88. The van der Waals surface area contributed by atoms with Crippen LogP contribution in [0.4, 0.5) is 0 Å². The molecule has 3 N–H and O–H groups in total. The van der Waals surface area contributed by atoms with Crippen molar-refractivity contribution in [3.8, 4) is 0 Å². The lowest BCUT2D eigenvalue weighted by Crippen LogP contribution is -2.46.